The topological polar surface area (TPSA) is 55.7 Å². The molecule has 13 heavy (non-hydrogen) atoms. The van der Waals surface area contributed by atoms with E-state index in [1.165, 1.54) is 0 Å². The molecule has 4 heteroatoms. The number of hydrogen-bond donors (Lipinski definition) is 0. The standard InChI is InChI=1S/C9H9NO3/c1-6-2-3-7(9-5-13-9)4-8(6)10(11)12/h2-4,9H,5H2,1H3/t9-/m1/s1. The number of ether oxygens (including phenoxy) is 1. The molecule has 0 aromatic heterocycles. The van der Waals surface area contributed by atoms with Crippen molar-refractivity contribution >= 4 is 5.69 Å². The third-order valence-electron chi connectivity index (χ3n) is 2.14. The van der Waals surface area contributed by atoms with Gasteiger partial charge in [0.2, 0.25) is 0 Å². The third-order valence-corrected chi connectivity index (χ3v) is 2.14. The summed E-state index contributed by atoms with van der Waals surface area (Å²) in [5.41, 5.74) is 1.76. The first kappa shape index (κ1) is 8.19. The maximum Gasteiger partial charge on any atom is 0.272 e. The first-order valence-electron chi connectivity index (χ1n) is 4.05. The fourth-order valence-electron chi connectivity index (χ4n) is 1.26. The Bertz CT molecular complexity index is 358. The summed E-state index contributed by atoms with van der Waals surface area (Å²) < 4.78 is 5.05. The molecule has 1 aliphatic heterocycles. The Morgan fingerprint density at radius 2 is 2.31 bits per heavy atom. The molecule has 0 bridgehead atoms. The van der Waals surface area contributed by atoms with Crippen LogP contribution in [0.2, 0.25) is 0 Å². The quantitative estimate of drug-likeness (QED) is 0.396. The minimum absolute atomic E-state index is 0.0827. The Morgan fingerprint density at radius 1 is 1.62 bits per heavy atom. The van der Waals surface area contributed by atoms with Gasteiger partial charge in [0.05, 0.1) is 11.5 Å². The lowest BCUT2D eigenvalue weighted by molar-refractivity contribution is -0.385. The summed E-state index contributed by atoms with van der Waals surface area (Å²) in [7, 11) is 0. The van der Waals surface area contributed by atoms with Crippen molar-refractivity contribution in [3.63, 3.8) is 0 Å². The number of rotatable bonds is 2. The van der Waals surface area contributed by atoms with Crippen molar-refractivity contribution in [3.05, 3.63) is 39.4 Å². The van der Waals surface area contributed by atoms with E-state index in [2.05, 4.69) is 0 Å². The number of hydrogen-bond acceptors (Lipinski definition) is 3. The predicted octanol–water partition coefficient (Wildman–Crippen LogP) is 1.97. The molecule has 1 saturated heterocycles. The zero-order valence-corrected chi connectivity index (χ0v) is 7.19. The largest absolute Gasteiger partial charge is 0.368 e. The molecule has 1 aliphatic rings. The Labute approximate surface area is 75.3 Å². The monoisotopic (exact) mass is 179 g/mol. The summed E-state index contributed by atoms with van der Waals surface area (Å²) in [6.45, 7) is 2.41. The molecular formula is C9H9NO3. The van der Waals surface area contributed by atoms with Gasteiger partial charge in [0.1, 0.15) is 6.10 Å². The van der Waals surface area contributed by atoms with Crippen LogP contribution in [0, 0.1) is 17.0 Å². The SMILES string of the molecule is Cc1ccc([C@H]2CO2)cc1[N+](=O)[O-]. The van der Waals surface area contributed by atoms with E-state index in [1.807, 2.05) is 6.07 Å². The minimum atomic E-state index is -0.360. The molecule has 1 fully saturated rings. The molecule has 0 aliphatic carbocycles. The van der Waals surface area contributed by atoms with Crippen molar-refractivity contribution in [1.29, 1.82) is 0 Å². The zero-order valence-electron chi connectivity index (χ0n) is 7.19. The average Bonchev–Trinajstić information content (AvgIpc) is 2.87. The van der Waals surface area contributed by atoms with Gasteiger partial charge in [-0.2, -0.15) is 0 Å². The lowest BCUT2D eigenvalue weighted by Gasteiger charge is -1.99. The summed E-state index contributed by atoms with van der Waals surface area (Å²) in [5.74, 6) is 0. The van der Waals surface area contributed by atoms with Gasteiger partial charge < -0.3 is 4.74 Å². The van der Waals surface area contributed by atoms with Crippen LogP contribution in [0.1, 0.15) is 17.2 Å². The average molecular weight is 179 g/mol. The van der Waals surface area contributed by atoms with E-state index in [0.717, 1.165) is 5.56 Å². The van der Waals surface area contributed by atoms with Gasteiger partial charge in [0.25, 0.3) is 5.69 Å². The first-order chi connectivity index (χ1) is 6.18. The normalized spacial score (nSPS) is 19.9. The van der Waals surface area contributed by atoms with Gasteiger partial charge >= 0.3 is 0 Å². The van der Waals surface area contributed by atoms with E-state index in [1.54, 1.807) is 19.1 Å². The van der Waals surface area contributed by atoms with Crippen LogP contribution in [0.5, 0.6) is 0 Å². The zero-order chi connectivity index (χ0) is 9.42. The summed E-state index contributed by atoms with van der Waals surface area (Å²) >= 11 is 0. The summed E-state index contributed by atoms with van der Waals surface area (Å²) in [5, 5.41) is 10.6. The first-order valence-corrected chi connectivity index (χ1v) is 4.05. The van der Waals surface area contributed by atoms with Crippen LogP contribution in [0.3, 0.4) is 0 Å². The maximum atomic E-state index is 10.6. The van der Waals surface area contributed by atoms with E-state index in [0.29, 0.717) is 12.2 Å². The van der Waals surface area contributed by atoms with E-state index in [4.69, 9.17) is 4.74 Å². The second kappa shape index (κ2) is 2.81. The second-order valence-electron chi connectivity index (χ2n) is 3.13. The van der Waals surface area contributed by atoms with Gasteiger partial charge in [0, 0.05) is 11.6 Å². The van der Waals surface area contributed by atoms with E-state index < -0.39 is 0 Å². The van der Waals surface area contributed by atoms with Crippen LogP contribution >= 0.6 is 0 Å². The highest BCUT2D eigenvalue weighted by atomic mass is 16.6. The molecule has 0 amide bonds. The van der Waals surface area contributed by atoms with Gasteiger partial charge in [-0.15, -0.1) is 0 Å². The fraction of sp³-hybridized carbons (Fsp3) is 0.333. The molecule has 1 atom stereocenters. The molecule has 0 unspecified atom stereocenters. The molecule has 68 valence electrons. The minimum Gasteiger partial charge on any atom is -0.368 e. The van der Waals surface area contributed by atoms with Crippen LogP contribution in [0.4, 0.5) is 5.69 Å². The highest BCUT2D eigenvalue weighted by molar-refractivity contribution is 5.43. The van der Waals surface area contributed by atoms with Crippen molar-refractivity contribution in [1.82, 2.24) is 0 Å². The summed E-state index contributed by atoms with van der Waals surface area (Å²) in [4.78, 5) is 10.2. The van der Waals surface area contributed by atoms with Crippen molar-refractivity contribution in [3.8, 4) is 0 Å². The van der Waals surface area contributed by atoms with Gasteiger partial charge in [-0.1, -0.05) is 12.1 Å². The second-order valence-corrected chi connectivity index (χ2v) is 3.13. The van der Waals surface area contributed by atoms with E-state index >= 15 is 0 Å². The van der Waals surface area contributed by atoms with Gasteiger partial charge in [-0.25, -0.2) is 0 Å². The molecule has 0 N–H and O–H groups in total. The van der Waals surface area contributed by atoms with Crippen molar-refractivity contribution in [2.24, 2.45) is 0 Å². The molecule has 1 aromatic rings. The summed E-state index contributed by atoms with van der Waals surface area (Å²) in [6, 6.07) is 5.22. The third kappa shape index (κ3) is 1.53. The van der Waals surface area contributed by atoms with E-state index in [9.17, 15) is 10.1 Å². The number of nitrogens with zero attached hydrogens (tertiary/aromatic N) is 1. The molecule has 0 spiro atoms. The highest BCUT2D eigenvalue weighted by Gasteiger charge is 2.26. The predicted molar refractivity (Wildman–Crippen MR) is 46.5 cm³/mol. The van der Waals surface area contributed by atoms with E-state index in [-0.39, 0.29) is 16.7 Å². The molecule has 4 nitrogen and oxygen atoms in total. The number of nitro benzene ring substituents is 1. The molecular weight excluding hydrogens is 170 g/mol. The van der Waals surface area contributed by atoms with Crippen LogP contribution in [-0.2, 0) is 4.74 Å². The maximum absolute atomic E-state index is 10.6. The molecule has 0 saturated carbocycles. The lowest BCUT2D eigenvalue weighted by Crippen LogP contribution is -1.93. The van der Waals surface area contributed by atoms with Crippen LogP contribution in [0.25, 0.3) is 0 Å². The Balaban J connectivity index is 2.41. The number of benzene rings is 1. The molecule has 1 heterocycles. The van der Waals surface area contributed by atoms with Crippen LogP contribution in [0.15, 0.2) is 18.2 Å². The fourth-order valence-corrected chi connectivity index (χ4v) is 1.26. The van der Waals surface area contributed by atoms with Crippen molar-refractivity contribution in [2.75, 3.05) is 6.61 Å². The van der Waals surface area contributed by atoms with Gasteiger partial charge in [0.15, 0.2) is 0 Å². The molecule has 2 rings (SSSR count). The van der Waals surface area contributed by atoms with Crippen molar-refractivity contribution < 1.29 is 9.66 Å². The van der Waals surface area contributed by atoms with Crippen molar-refractivity contribution in [2.45, 2.75) is 13.0 Å². The van der Waals surface area contributed by atoms with Crippen LogP contribution < -0.4 is 0 Å². The number of epoxide rings is 1. The summed E-state index contributed by atoms with van der Waals surface area (Å²) in [6.07, 6.45) is 0.0827. The smallest absolute Gasteiger partial charge is 0.272 e. The molecule has 1 aromatic carbocycles. The van der Waals surface area contributed by atoms with Gasteiger partial charge in [-0.05, 0) is 12.5 Å². The Kier molecular flexibility index (Phi) is 1.77. The Morgan fingerprint density at radius 3 is 2.85 bits per heavy atom. The lowest BCUT2D eigenvalue weighted by atomic mass is 10.1. The number of aryl methyl sites for hydroxylation is 1. The van der Waals surface area contributed by atoms with Gasteiger partial charge in [-0.3, -0.25) is 10.1 Å². The highest BCUT2D eigenvalue weighted by Crippen LogP contribution is 2.32. The van der Waals surface area contributed by atoms with Crippen LogP contribution in [-0.4, -0.2) is 11.5 Å². The molecule has 0 radical (unpaired) electrons. The Hall–Kier alpha value is -1.42. The number of nitro groups is 1.